The van der Waals surface area contributed by atoms with Crippen LogP contribution >= 0.6 is 11.8 Å². The first kappa shape index (κ1) is 17.7. The average Bonchev–Trinajstić information content (AvgIpc) is 3.01. The Labute approximate surface area is 154 Å². The first-order chi connectivity index (χ1) is 12.5. The summed E-state index contributed by atoms with van der Waals surface area (Å²) >= 11 is 1.31. The molecule has 0 aliphatic rings. The quantitative estimate of drug-likeness (QED) is 0.407. The Kier molecular flexibility index (Phi) is 5.33. The topological polar surface area (TPSA) is 90.1 Å². The van der Waals surface area contributed by atoms with Crippen LogP contribution in [0.15, 0.2) is 66.0 Å². The molecule has 0 aliphatic carbocycles. The number of nitrogens with one attached hydrogen (secondary N) is 1. The van der Waals surface area contributed by atoms with Crippen LogP contribution in [0, 0.1) is 10.1 Å². The maximum absolute atomic E-state index is 12.1. The number of aromatic nitrogens is 2. The molecule has 0 saturated carbocycles. The van der Waals surface area contributed by atoms with Crippen molar-refractivity contribution in [2.75, 3.05) is 11.1 Å². The van der Waals surface area contributed by atoms with Gasteiger partial charge in [0.15, 0.2) is 5.16 Å². The van der Waals surface area contributed by atoms with Crippen LogP contribution in [0.2, 0.25) is 0 Å². The van der Waals surface area contributed by atoms with Crippen LogP contribution in [-0.4, -0.2) is 26.1 Å². The van der Waals surface area contributed by atoms with E-state index in [0.717, 1.165) is 16.4 Å². The van der Waals surface area contributed by atoms with E-state index in [1.54, 1.807) is 12.3 Å². The van der Waals surface area contributed by atoms with Crippen LogP contribution in [0.4, 0.5) is 11.4 Å². The molecule has 1 heterocycles. The van der Waals surface area contributed by atoms with Gasteiger partial charge in [-0.15, -0.1) is 0 Å². The lowest BCUT2D eigenvalue weighted by atomic mass is 10.2. The van der Waals surface area contributed by atoms with Gasteiger partial charge in [0, 0.05) is 24.9 Å². The maximum atomic E-state index is 12.1. The lowest BCUT2D eigenvalue weighted by Crippen LogP contribution is -2.14. The fourth-order valence-corrected chi connectivity index (χ4v) is 3.18. The van der Waals surface area contributed by atoms with Crippen LogP contribution in [0.3, 0.4) is 0 Å². The zero-order chi connectivity index (χ0) is 18.5. The van der Waals surface area contributed by atoms with Gasteiger partial charge < -0.3 is 9.88 Å². The Morgan fingerprint density at radius 3 is 2.73 bits per heavy atom. The Bertz CT molecular complexity index is 941. The summed E-state index contributed by atoms with van der Waals surface area (Å²) in [4.78, 5) is 26.8. The number of imidazole rings is 1. The molecule has 3 rings (SSSR count). The number of carbonyl (C=O) groups is 1. The summed E-state index contributed by atoms with van der Waals surface area (Å²) in [6.07, 6.45) is 1.77. The van der Waals surface area contributed by atoms with Crippen molar-refractivity contribution in [3.05, 3.63) is 70.9 Å². The van der Waals surface area contributed by atoms with Crippen molar-refractivity contribution in [2.24, 2.45) is 7.05 Å². The van der Waals surface area contributed by atoms with E-state index in [1.165, 1.54) is 30.0 Å². The molecule has 1 N–H and O–H groups in total. The van der Waals surface area contributed by atoms with Gasteiger partial charge in [-0.3, -0.25) is 14.9 Å². The number of benzene rings is 2. The van der Waals surface area contributed by atoms with Gasteiger partial charge in [0.1, 0.15) is 0 Å². The van der Waals surface area contributed by atoms with Crippen LogP contribution in [-0.2, 0) is 11.8 Å². The van der Waals surface area contributed by atoms with E-state index >= 15 is 0 Å². The number of thioether (sulfide) groups is 1. The number of carbonyl (C=O) groups excluding carboxylic acids is 1. The van der Waals surface area contributed by atoms with E-state index in [2.05, 4.69) is 10.3 Å². The van der Waals surface area contributed by atoms with Gasteiger partial charge in [0.05, 0.1) is 22.6 Å². The minimum atomic E-state index is -0.497. The van der Waals surface area contributed by atoms with E-state index in [0.29, 0.717) is 5.69 Å². The van der Waals surface area contributed by atoms with Gasteiger partial charge in [-0.05, 0) is 11.6 Å². The number of non-ortho nitro benzene ring substituents is 1. The largest absolute Gasteiger partial charge is 0.325 e. The molecule has 2 aromatic carbocycles. The second-order valence-corrected chi connectivity index (χ2v) is 6.44. The average molecular weight is 368 g/mol. The van der Waals surface area contributed by atoms with Crippen molar-refractivity contribution < 1.29 is 9.72 Å². The molecule has 0 aliphatic heterocycles. The highest BCUT2D eigenvalue weighted by molar-refractivity contribution is 7.99. The third-order valence-corrected chi connectivity index (χ3v) is 4.73. The highest BCUT2D eigenvalue weighted by Crippen LogP contribution is 2.25. The van der Waals surface area contributed by atoms with Crippen LogP contribution in [0.5, 0.6) is 0 Å². The number of hydrogen-bond acceptors (Lipinski definition) is 5. The number of nitrogens with zero attached hydrogens (tertiary/aromatic N) is 3. The van der Waals surface area contributed by atoms with Crippen molar-refractivity contribution in [3.63, 3.8) is 0 Å². The summed E-state index contributed by atoms with van der Waals surface area (Å²) in [5.41, 5.74) is 2.35. The normalized spacial score (nSPS) is 10.5. The van der Waals surface area contributed by atoms with Crippen molar-refractivity contribution >= 4 is 29.0 Å². The molecule has 8 heteroatoms. The molecule has 0 bridgehead atoms. The second-order valence-electron chi connectivity index (χ2n) is 5.50. The molecular weight excluding hydrogens is 352 g/mol. The minimum absolute atomic E-state index is 0.0629. The van der Waals surface area contributed by atoms with E-state index in [9.17, 15) is 14.9 Å². The van der Waals surface area contributed by atoms with Gasteiger partial charge >= 0.3 is 0 Å². The van der Waals surface area contributed by atoms with Crippen molar-refractivity contribution in [2.45, 2.75) is 5.16 Å². The van der Waals surface area contributed by atoms with Crippen molar-refractivity contribution in [1.82, 2.24) is 9.55 Å². The summed E-state index contributed by atoms with van der Waals surface area (Å²) < 4.78 is 1.93. The van der Waals surface area contributed by atoms with Crippen LogP contribution < -0.4 is 5.32 Å². The standard InChI is InChI=1S/C18H16N4O3S/c1-21-16(13-6-3-2-4-7-13)11-19-18(21)26-12-17(23)20-14-8-5-9-15(10-14)22(24)25/h2-11H,12H2,1H3,(H,20,23). The first-order valence-electron chi connectivity index (χ1n) is 7.79. The zero-order valence-corrected chi connectivity index (χ0v) is 14.8. The summed E-state index contributed by atoms with van der Waals surface area (Å²) in [5.74, 6) is -0.0957. The Hall–Kier alpha value is -3.13. The first-order valence-corrected chi connectivity index (χ1v) is 8.77. The molecule has 132 valence electrons. The molecular formula is C18H16N4O3S. The summed E-state index contributed by atoms with van der Waals surface area (Å²) in [7, 11) is 1.90. The molecule has 1 aromatic heterocycles. The molecule has 3 aromatic rings. The number of amides is 1. The van der Waals surface area contributed by atoms with Gasteiger partial charge in [-0.2, -0.15) is 0 Å². The molecule has 1 amide bonds. The van der Waals surface area contributed by atoms with Crippen molar-refractivity contribution in [1.29, 1.82) is 0 Å². The predicted molar refractivity (Wildman–Crippen MR) is 101 cm³/mol. The Balaban J connectivity index is 1.63. The monoisotopic (exact) mass is 368 g/mol. The number of anilines is 1. The third kappa shape index (κ3) is 4.09. The Morgan fingerprint density at radius 1 is 1.23 bits per heavy atom. The summed E-state index contributed by atoms with van der Waals surface area (Å²) in [5, 5.41) is 14.2. The van der Waals surface area contributed by atoms with Crippen LogP contribution in [0.25, 0.3) is 11.3 Å². The molecule has 0 spiro atoms. The third-order valence-electron chi connectivity index (χ3n) is 3.69. The van der Waals surface area contributed by atoms with Gasteiger partial charge in [0.2, 0.25) is 5.91 Å². The molecule has 26 heavy (non-hydrogen) atoms. The van der Waals surface area contributed by atoms with Gasteiger partial charge in [-0.1, -0.05) is 48.2 Å². The van der Waals surface area contributed by atoms with E-state index in [-0.39, 0.29) is 17.3 Å². The SMILES string of the molecule is Cn1c(-c2ccccc2)cnc1SCC(=O)Nc1cccc([N+](=O)[O-])c1. The molecule has 0 saturated heterocycles. The molecule has 0 radical (unpaired) electrons. The van der Waals surface area contributed by atoms with E-state index in [4.69, 9.17) is 0 Å². The summed E-state index contributed by atoms with van der Waals surface area (Å²) in [6, 6.07) is 15.7. The Morgan fingerprint density at radius 2 is 2.00 bits per heavy atom. The smallest absolute Gasteiger partial charge is 0.271 e. The zero-order valence-electron chi connectivity index (χ0n) is 14.0. The predicted octanol–water partition coefficient (Wildman–Crippen LogP) is 3.73. The van der Waals surface area contributed by atoms with Gasteiger partial charge in [-0.25, -0.2) is 4.98 Å². The fraction of sp³-hybridized carbons (Fsp3) is 0.111. The van der Waals surface area contributed by atoms with Crippen molar-refractivity contribution in [3.8, 4) is 11.3 Å². The van der Waals surface area contributed by atoms with Gasteiger partial charge in [0.25, 0.3) is 5.69 Å². The lowest BCUT2D eigenvalue weighted by Gasteiger charge is -2.07. The lowest BCUT2D eigenvalue weighted by molar-refractivity contribution is -0.384. The molecule has 0 unspecified atom stereocenters. The number of rotatable bonds is 6. The maximum Gasteiger partial charge on any atom is 0.271 e. The second kappa shape index (κ2) is 7.83. The highest BCUT2D eigenvalue weighted by atomic mass is 32.2. The minimum Gasteiger partial charge on any atom is -0.325 e. The molecule has 0 atom stereocenters. The highest BCUT2D eigenvalue weighted by Gasteiger charge is 2.12. The van der Waals surface area contributed by atoms with Crippen LogP contribution in [0.1, 0.15) is 0 Å². The molecule has 7 nitrogen and oxygen atoms in total. The van der Waals surface area contributed by atoms with E-state index in [1.807, 2.05) is 41.9 Å². The number of hydrogen-bond donors (Lipinski definition) is 1. The number of nitro benzene ring substituents is 1. The number of nitro groups is 1. The fourth-order valence-electron chi connectivity index (χ4n) is 2.43. The van der Waals surface area contributed by atoms with E-state index < -0.39 is 4.92 Å². The molecule has 0 fully saturated rings. The summed E-state index contributed by atoms with van der Waals surface area (Å²) in [6.45, 7) is 0.